The van der Waals surface area contributed by atoms with Gasteiger partial charge in [0, 0.05) is 29.6 Å². The van der Waals surface area contributed by atoms with Gasteiger partial charge in [-0.1, -0.05) is 87.4 Å². The SMILES string of the molecule is CC(C)c1c(C(C)C)c(C(C)C)c2c(C(C)C)cccc2c1C(C)C.[Na]. The third kappa shape index (κ3) is 4.23. The van der Waals surface area contributed by atoms with E-state index in [1.807, 2.05) is 0 Å². The van der Waals surface area contributed by atoms with Crippen LogP contribution >= 0.6 is 0 Å². The standard InChI is InChI=1S/C25H38.Na/c1-14(2)19-12-11-13-20-21(15(3)4)22(16(5)6)23(17(7)8)24(18(9)10)25(19)20;/h11-18H,1-10H3;. The van der Waals surface area contributed by atoms with E-state index in [-0.39, 0.29) is 29.6 Å². The van der Waals surface area contributed by atoms with E-state index in [1.54, 1.807) is 27.6 Å². The second-order valence-corrected chi connectivity index (χ2v) is 9.20. The minimum Gasteiger partial charge on any atom is -0.0613 e. The molecule has 26 heavy (non-hydrogen) atoms. The van der Waals surface area contributed by atoms with Crippen LogP contribution in [0.5, 0.6) is 0 Å². The molecule has 0 heterocycles. The van der Waals surface area contributed by atoms with Gasteiger partial charge in [0.2, 0.25) is 0 Å². The van der Waals surface area contributed by atoms with Crippen LogP contribution in [0, 0.1) is 0 Å². The Morgan fingerprint density at radius 1 is 0.500 bits per heavy atom. The topological polar surface area (TPSA) is 0 Å². The molecule has 0 N–H and O–H groups in total. The normalized spacial score (nSPS) is 12.1. The monoisotopic (exact) mass is 361 g/mol. The molecule has 0 saturated heterocycles. The molecule has 2 aromatic carbocycles. The molecular weight excluding hydrogens is 323 g/mol. The Morgan fingerprint density at radius 3 is 1.31 bits per heavy atom. The summed E-state index contributed by atoms with van der Waals surface area (Å²) in [5.74, 6) is 2.74. The van der Waals surface area contributed by atoms with E-state index in [4.69, 9.17) is 0 Å². The van der Waals surface area contributed by atoms with Gasteiger partial charge in [-0.05, 0) is 68.2 Å². The van der Waals surface area contributed by atoms with Crippen LogP contribution in [0.2, 0.25) is 0 Å². The first-order valence-electron chi connectivity index (χ1n) is 10.2. The summed E-state index contributed by atoms with van der Waals surface area (Å²) in [6.45, 7) is 23.6. The van der Waals surface area contributed by atoms with Gasteiger partial charge in [0.1, 0.15) is 0 Å². The molecule has 0 aliphatic heterocycles. The Hall–Kier alpha value is -0.300. The average Bonchev–Trinajstić information content (AvgIpc) is 2.50. The molecule has 1 radical (unpaired) electrons. The molecule has 2 aromatic rings. The minimum absolute atomic E-state index is 0. The molecule has 0 nitrogen and oxygen atoms in total. The van der Waals surface area contributed by atoms with Gasteiger partial charge in [0.15, 0.2) is 0 Å². The first kappa shape index (κ1) is 23.7. The largest absolute Gasteiger partial charge is 0.0613 e. The van der Waals surface area contributed by atoms with E-state index in [2.05, 4.69) is 87.4 Å². The van der Waals surface area contributed by atoms with Crippen molar-refractivity contribution in [3.63, 3.8) is 0 Å². The number of hydrogen-bond acceptors (Lipinski definition) is 0. The Morgan fingerprint density at radius 2 is 0.923 bits per heavy atom. The molecule has 1 heteroatoms. The van der Waals surface area contributed by atoms with Crippen LogP contribution in [0.3, 0.4) is 0 Å². The number of hydrogen-bond donors (Lipinski definition) is 0. The first-order chi connectivity index (χ1) is 11.6. The molecule has 0 bridgehead atoms. The molecule has 139 valence electrons. The van der Waals surface area contributed by atoms with E-state index in [9.17, 15) is 0 Å². The summed E-state index contributed by atoms with van der Waals surface area (Å²) in [6, 6.07) is 6.99. The Kier molecular flexibility index (Phi) is 8.46. The second-order valence-electron chi connectivity index (χ2n) is 9.20. The van der Waals surface area contributed by atoms with Crippen molar-refractivity contribution in [2.45, 2.75) is 98.8 Å². The molecule has 0 spiro atoms. The minimum atomic E-state index is 0. The van der Waals surface area contributed by atoms with Crippen molar-refractivity contribution < 1.29 is 0 Å². The maximum atomic E-state index is 2.38. The van der Waals surface area contributed by atoms with Gasteiger partial charge in [0.25, 0.3) is 0 Å². The van der Waals surface area contributed by atoms with Crippen LogP contribution in [0.25, 0.3) is 10.8 Å². The van der Waals surface area contributed by atoms with Crippen LogP contribution in [-0.2, 0) is 0 Å². The quantitative estimate of drug-likeness (QED) is 0.472. The fourth-order valence-electron chi connectivity index (χ4n) is 4.61. The predicted molar refractivity (Wildman–Crippen MR) is 120 cm³/mol. The molecule has 0 saturated carbocycles. The van der Waals surface area contributed by atoms with Gasteiger partial charge in [-0.25, -0.2) is 0 Å². The molecule has 0 aliphatic rings. The molecule has 0 atom stereocenters. The van der Waals surface area contributed by atoms with Crippen molar-refractivity contribution in [3.8, 4) is 0 Å². The number of benzene rings is 2. The zero-order valence-electron chi connectivity index (χ0n) is 19.1. The van der Waals surface area contributed by atoms with E-state index >= 15 is 0 Å². The van der Waals surface area contributed by atoms with Gasteiger partial charge in [-0.3, -0.25) is 0 Å². The maximum Gasteiger partial charge on any atom is 0 e. The van der Waals surface area contributed by atoms with Crippen LogP contribution in [0.1, 0.15) is 127 Å². The van der Waals surface area contributed by atoms with Crippen molar-refractivity contribution >= 4 is 40.3 Å². The third-order valence-electron chi connectivity index (χ3n) is 5.46. The smallest absolute Gasteiger partial charge is 0 e. The summed E-state index contributed by atoms with van der Waals surface area (Å²) >= 11 is 0. The third-order valence-corrected chi connectivity index (χ3v) is 5.46. The van der Waals surface area contributed by atoms with Crippen molar-refractivity contribution in [2.24, 2.45) is 0 Å². The molecular formula is C25H38Na. The summed E-state index contributed by atoms with van der Waals surface area (Å²) in [6.07, 6.45) is 0. The van der Waals surface area contributed by atoms with E-state index in [0.717, 1.165) is 0 Å². The van der Waals surface area contributed by atoms with Gasteiger partial charge in [-0.2, -0.15) is 0 Å². The van der Waals surface area contributed by atoms with E-state index < -0.39 is 0 Å². The van der Waals surface area contributed by atoms with Crippen LogP contribution in [0.15, 0.2) is 18.2 Å². The molecule has 0 aliphatic carbocycles. The summed E-state index contributed by atoms with van der Waals surface area (Å²) in [5.41, 5.74) is 7.93. The van der Waals surface area contributed by atoms with Gasteiger partial charge in [0.05, 0.1) is 0 Å². The van der Waals surface area contributed by atoms with Gasteiger partial charge < -0.3 is 0 Å². The average molecular weight is 362 g/mol. The van der Waals surface area contributed by atoms with Gasteiger partial charge >= 0.3 is 0 Å². The maximum absolute atomic E-state index is 2.38. The zero-order valence-corrected chi connectivity index (χ0v) is 21.1. The summed E-state index contributed by atoms with van der Waals surface area (Å²) < 4.78 is 0. The van der Waals surface area contributed by atoms with Crippen molar-refractivity contribution in [2.75, 3.05) is 0 Å². The van der Waals surface area contributed by atoms with Crippen LogP contribution < -0.4 is 0 Å². The van der Waals surface area contributed by atoms with E-state index in [1.165, 1.54) is 10.9 Å². The van der Waals surface area contributed by atoms with Crippen molar-refractivity contribution in [1.82, 2.24) is 0 Å². The first-order valence-corrected chi connectivity index (χ1v) is 10.2. The summed E-state index contributed by atoms with van der Waals surface area (Å²) in [4.78, 5) is 0. The van der Waals surface area contributed by atoms with Crippen LogP contribution in [0.4, 0.5) is 0 Å². The zero-order chi connectivity index (χ0) is 19.0. The molecule has 0 unspecified atom stereocenters. The van der Waals surface area contributed by atoms with Crippen LogP contribution in [-0.4, -0.2) is 29.6 Å². The van der Waals surface area contributed by atoms with E-state index in [0.29, 0.717) is 29.6 Å². The molecule has 2 rings (SSSR count). The molecule has 0 fully saturated rings. The Labute approximate surface area is 184 Å². The van der Waals surface area contributed by atoms with Crippen molar-refractivity contribution in [1.29, 1.82) is 0 Å². The Balaban J connectivity index is 0.00000338. The Bertz CT molecular complexity index is 749. The molecule has 0 aromatic heterocycles. The molecule has 0 amide bonds. The number of rotatable bonds is 5. The fourth-order valence-corrected chi connectivity index (χ4v) is 4.61. The summed E-state index contributed by atoms with van der Waals surface area (Å²) in [7, 11) is 0. The van der Waals surface area contributed by atoms with Gasteiger partial charge in [-0.15, -0.1) is 0 Å². The predicted octanol–water partition coefficient (Wildman–Crippen LogP) is 8.08. The van der Waals surface area contributed by atoms with Crippen molar-refractivity contribution in [3.05, 3.63) is 46.0 Å². The second kappa shape index (κ2) is 9.26. The summed E-state index contributed by atoms with van der Waals surface area (Å²) in [5, 5.41) is 3.04. The number of fused-ring (bicyclic) bond motifs is 1. The fraction of sp³-hybridized carbons (Fsp3) is 0.600.